The predicted molar refractivity (Wildman–Crippen MR) is 49.1 cm³/mol. The molecular formula is C9H16N2O2. The summed E-state index contributed by atoms with van der Waals surface area (Å²) in [6.07, 6.45) is 2.12. The largest absolute Gasteiger partial charge is 0.306 e. The number of piperidine rings is 1. The van der Waals surface area contributed by atoms with Crippen molar-refractivity contribution in [3.63, 3.8) is 0 Å². The molecule has 1 atom stereocenters. The van der Waals surface area contributed by atoms with E-state index in [9.17, 15) is 9.59 Å². The van der Waals surface area contributed by atoms with Crippen LogP contribution in [0.4, 0.5) is 0 Å². The van der Waals surface area contributed by atoms with Crippen LogP contribution in [0.25, 0.3) is 0 Å². The van der Waals surface area contributed by atoms with Gasteiger partial charge in [0.2, 0.25) is 11.8 Å². The molecular weight excluding hydrogens is 168 g/mol. The molecule has 0 aliphatic carbocycles. The number of likely N-dealkylation sites (tertiary alicyclic amines) is 1. The molecule has 1 N–H and O–H groups in total. The third-order valence-electron chi connectivity index (χ3n) is 2.29. The van der Waals surface area contributed by atoms with E-state index in [1.807, 2.05) is 0 Å². The van der Waals surface area contributed by atoms with Gasteiger partial charge in [0, 0.05) is 13.5 Å². The Kier molecular flexibility index (Phi) is 3.42. The Morgan fingerprint density at radius 3 is 2.85 bits per heavy atom. The second kappa shape index (κ2) is 4.37. The lowest BCUT2D eigenvalue weighted by molar-refractivity contribution is -0.148. The number of nitrogens with zero attached hydrogens (tertiary/aromatic N) is 1. The van der Waals surface area contributed by atoms with Gasteiger partial charge in [-0.3, -0.25) is 14.5 Å². The molecule has 0 radical (unpaired) electrons. The molecule has 1 saturated heterocycles. The van der Waals surface area contributed by atoms with Gasteiger partial charge < -0.3 is 5.32 Å². The predicted octanol–water partition coefficient (Wildman–Crippen LogP) is 0.133. The van der Waals surface area contributed by atoms with Crippen LogP contribution in [0, 0.1) is 0 Å². The zero-order valence-electron chi connectivity index (χ0n) is 8.17. The fraction of sp³-hybridized carbons (Fsp3) is 0.778. The van der Waals surface area contributed by atoms with E-state index in [1.54, 1.807) is 7.05 Å². The molecule has 13 heavy (non-hydrogen) atoms. The lowest BCUT2D eigenvalue weighted by Gasteiger charge is -2.28. The van der Waals surface area contributed by atoms with Crippen LogP contribution in [0.3, 0.4) is 0 Å². The van der Waals surface area contributed by atoms with Crippen molar-refractivity contribution < 1.29 is 9.59 Å². The number of amides is 2. The minimum absolute atomic E-state index is 0.0699. The summed E-state index contributed by atoms with van der Waals surface area (Å²) in [5, 5.41) is 3.13. The summed E-state index contributed by atoms with van der Waals surface area (Å²) in [4.78, 5) is 23.8. The van der Waals surface area contributed by atoms with Crippen molar-refractivity contribution in [2.75, 3.05) is 13.6 Å². The number of carbonyl (C=O) groups excluding carboxylic acids is 2. The van der Waals surface area contributed by atoms with Crippen molar-refractivity contribution in [1.82, 2.24) is 10.2 Å². The lowest BCUT2D eigenvalue weighted by Crippen LogP contribution is -2.51. The molecule has 0 aromatic carbocycles. The summed E-state index contributed by atoms with van der Waals surface area (Å²) in [5.41, 5.74) is 0. The normalized spacial score (nSPS) is 23.8. The SMILES string of the molecule is CCCNC1CCC(=O)N(C)C1=O. The Labute approximate surface area is 78.3 Å². The number of imide groups is 1. The first-order valence-corrected chi connectivity index (χ1v) is 4.70. The standard InChI is InChI=1S/C9H16N2O2/c1-3-6-10-7-4-5-8(12)11(2)9(7)13/h7,10H,3-6H2,1-2H3. The summed E-state index contributed by atoms with van der Waals surface area (Å²) < 4.78 is 0. The maximum atomic E-state index is 11.5. The highest BCUT2D eigenvalue weighted by atomic mass is 16.2. The third kappa shape index (κ3) is 2.28. The number of carbonyl (C=O) groups is 2. The highest BCUT2D eigenvalue weighted by Crippen LogP contribution is 2.10. The summed E-state index contributed by atoms with van der Waals surface area (Å²) in [6, 6.07) is -0.150. The Morgan fingerprint density at radius 2 is 2.23 bits per heavy atom. The molecule has 1 aliphatic heterocycles. The van der Waals surface area contributed by atoms with Crippen LogP contribution < -0.4 is 5.32 Å². The molecule has 4 heteroatoms. The highest BCUT2D eigenvalue weighted by molar-refractivity contribution is 6.00. The van der Waals surface area contributed by atoms with Crippen molar-refractivity contribution in [3.8, 4) is 0 Å². The monoisotopic (exact) mass is 184 g/mol. The number of hydrogen-bond donors (Lipinski definition) is 1. The minimum atomic E-state index is -0.150. The van der Waals surface area contributed by atoms with Crippen LogP contribution in [-0.2, 0) is 9.59 Å². The van der Waals surface area contributed by atoms with Crippen LogP contribution in [0.1, 0.15) is 26.2 Å². The van der Waals surface area contributed by atoms with Gasteiger partial charge in [0.25, 0.3) is 0 Å². The molecule has 2 amide bonds. The summed E-state index contributed by atoms with van der Waals surface area (Å²) in [5.74, 6) is -0.163. The minimum Gasteiger partial charge on any atom is -0.306 e. The third-order valence-corrected chi connectivity index (χ3v) is 2.29. The number of hydrogen-bond acceptors (Lipinski definition) is 3. The highest BCUT2D eigenvalue weighted by Gasteiger charge is 2.30. The van der Waals surface area contributed by atoms with E-state index >= 15 is 0 Å². The number of likely N-dealkylation sites (N-methyl/N-ethyl adjacent to an activating group) is 1. The fourth-order valence-electron chi connectivity index (χ4n) is 1.42. The zero-order valence-corrected chi connectivity index (χ0v) is 8.17. The molecule has 0 saturated carbocycles. The molecule has 0 spiro atoms. The van der Waals surface area contributed by atoms with Gasteiger partial charge in [-0.25, -0.2) is 0 Å². The van der Waals surface area contributed by atoms with E-state index < -0.39 is 0 Å². The van der Waals surface area contributed by atoms with Crippen LogP contribution in [0.2, 0.25) is 0 Å². The average Bonchev–Trinajstić information content (AvgIpc) is 2.13. The van der Waals surface area contributed by atoms with Crippen LogP contribution in [0.5, 0.6) is 0 Å². The topological polar surface area (TPSA) is 49.4 Å². The van der Waals surface area contributed by atoms with Gasteiger partial charge >= 0.3 is 0 Å². The Hall–Kier alpha value is -0.900. The van der Waals surface area contributed by atoms with Crippen molar-refractivity contribution in [2.24, 2.45) is 0 Å². The van der Waals surface area contributed by atoms with Gasteiger partial charge in [-0.05, 0) is 19.4 Å². The molecule has 4 nitrogen and oxygen atoms in total. The lowest BCUT2D eigenvalue weighted by atomic mass is 10.0. The Morgan fingerprint density at radius 1 is 1.54 bits per heavy atom. The quantitative estimate of drug-likeness (QED) is 0.634. The van der Waals surface area contributed by atoms with E-state index in [4.69, 9.17) is 0 Å². The van der Waals surface area contributed by atoms with E-state index in [0.717, 1.165) is 13.0 Å². The van der Waals surface area contributed by atoms with Crippen LogP contribution >= 0.6 is 0 Å². The van der Waals surface area contributed by atoms with Gasteiger partial charge in [0.1, 0.15) is 0 Å². The summed E-state index contributed by atoms with van der Waals surface area (Å²) >= 11 is 0. The van der Waals surface area contributed by atoms with Gasteiger partial charge in [-0.2, -0.15) is 0 Å². The summed E-state index contributed by atoms with van der Waals surface area (Å²) in [7, 11) is 1.55. The Bertz CT molecular complexity index is 216. The van der Waals surface area contributed by atoms with Gasteiger partial charge in [-0.15, -0.1) is 0 Å². The van der Waals surface area contributed by atoms with Crippen molar-refractivity contribution in [1.29, 1.82) is 0 Å². The van der Waals surface area contributed by atoms with E-state index in [0.29, 0.717) is 12.8 Å². The summed E-state index contributed by atoms with van der Waals surface area (Å²) in [6.45, 7) is 2.88. The second-order valence-corrected chi connectivity index (χ2v) is 3.34. The first-order valence-electron chi connectivity index (χ1n) is 4.70. The van der Waals surface area contributed by atoms with E-state index in [1.165, 1.54) is 4.90 Å². The van der Waals surface area contributed by atoms with E-state index in [2.05, 4.69) is 12.2 Å². The molecule has 1 heterocycles. The zero-order chi connectivity index (χ0) is 9.84. The van der Waals surface area contributed by atoms with Gasteiger partial charge in [-0.1, -0.05) is 6.92 Å². The molecule has 1 rings (SSSR count). The van der Waals surface area contributed by atoms with E-state index in [-0.39, 0.29) is 17.9 Å². The first kappa shape index (κ1) is 10.2. The van der Waals surface area contributed by atoms with Crippen molar-refractivity contribution >= 4 is 11.8 Å². The van der Waals surface area contributed by atoms with Crippen LogP contribution in [-0.4, -0.2) is 36.3 Å². The molecule has 0 bridgehead atoms. The molecule has 1 fully saturated rings. The average molecular weight is 184 g/mol. The number of rotatable bonds is 3. The van der Waals surface area contributed by atoms with Crippen molar-refractivity contribution in [3.05, 3.63) is 0 Å². The fourth-order valence-corrected chi connectivity index (χ4v) is 1.42. The molecule has 0 aromatic rings. The first-order chi connectivity index (χ1) is 6.16. The molecule has 1 aliphatic rings. The molecule has 1 unspecified atom stereocenters. The molecule has 0 aromatic heterocycles. The maximum Gasteiger partial charge on any atom is 0.246 e. The maximum absolute atomic E-state index is 11.5. The second-order valence-electron chi connectivity index (χ2n) is 3.34. The number of nitrogens with one attached hydrogen (secondary N) is 1. The van der Waals surface area contributed by atoms with Crippen LogP contribution in [0.15, 0.2) is 0 Å². The Balaban J connectivity index is 2.49. The van der Waals surface area contributed by atoms with Gasteiger partial charge in [0.05, 0.1) is 6.04 Å². The van der Waals surface area contributed by atoms with Crippen molar-refractivity contribution in [2.45, 2.75) is 32.2 Å². The molecule has 74 valence electrons. The smallest absolute Gasteiger partial charge is 0.246 e. The van der Waals surface area contributed by atoms with Gasteiger partial charge in [0.15, 0.2) is 0 Å².